The molecular formula is C8H20N4. The van der Waals surface area contributed by atoms with E-state index in [1.54, 1.807) is 5.31 Å². The normalized spacial score (nSPS) is 26.8. The van der Waals surface area contributed by atoms with Gasteiger partial charge in [0.05, 0.1) is 0 Å². The summed E-state index contributed by atoms with van der Waals surface area (Å²) in [6.07, 6.45) is 0. The minimum absolute atomic E-state index is 0.807. The summed E-state index contributed by atoms with van der Waals surface area (Å²) >= 11 is 0. The number of rotatable bonds is 0. The van der Waals surface area contributed by atoms with Crippen LogP contribution in [0.15, 0.2) is 0 Å². The van der Waals surface area contributed by atoms with Gasteiger partial charge >= 0.3 is 0 Å². The summed E-state index contributed by atoms with van der Waals surface area (Å²) in [5.74, 6) is 0. The minimum atomic E-state index is 0.807. The van der Waals surface area contributed by atoms with E-state index in [1.807, 2.05) is 0 Å². The van der Waals surface area contributed by atoms with Crippen molar-refractivity contribution in [2.24, 2.45) is 0 Å². The van der Waals surface area contributed by atoms with E-state index in [1.165, 1.54) is 0 Å². The van der Waals surface area contributed by atoms with E-state index in [-0.39, 0.29) is 0 Å². The van der Waals surface area contributed by atoms with Crippen molar-refractivity contribution in [2.75, 3.05) is 52.4 Å². The van der Waals surface area contributed by atoms with Crippen LogP contribution in [0, 0.1) is 0 Å². The third-order valence-corrected chi connectivity index (χ3v) is 1.85. The molecule has 1 fully saturated rings. The van der Waals surface area contributed by atoms with Crippen molar-refractivity contribution in [2.45, 2.75) is 0 Å². The Hall–Kier alpha value is -0.160. The van der Waals surface area contributed by atoms with Crippen molar-refractivity contribution in [1.82, 2.24) is 21.3 Å². The first-order valence-corrected chi connectivity index (χ1v) is 4.75. The molecule has 72 valence electrons. The van der Waals surface area contributed by atoms with E-state index in [2.05, 4.69) is 16.0 Å². The maximum Gasteiger partial charge on any atom is 0.122 e. The molecule has 4 N–H and O–H groups in total. The van der Waals surface area contributed by atoms with Crippen LogP contribution >= 0.6 is 0 Å². The molecule has 0 unspecified atom stereocenters. The Kier molecular flexibility index (Phi) is 5.27. The molecular weight excluding hydrogens is 152 g/mol. The first-order valence-electron chi connectivity index (χ1n) is 5.20. The van der Waals surface area contributed by atoms with E-state index >= 15 is 0 Å². The molecule has 1 heterocycles. The van der Waals surface area contributed by atoms with Crippen molar-refractivity contribution >= 4 is 0 Å². The highest BCUT2D eigenvalue weighted by atomic mass is 15.0. The zero-order valence-corrected chi connectivity index (χ0v) is 7.60. The fourth-order valence-corrected chi connectivity index (χ4v) is 1.16. The van der Waals surface area contributed by atoms with Gasteiger partial charge < -0.3 is 21.3 Å². The third kappa shape index (κ3) is 5.49. The molecule has 0 bridgehead atoms. The van der Waals surface area contributed by atoms with Crippen LogP contribution in [0.25, 0.3) is 0 Å². The predicted molar refractivity (Wildman–Crippen MR) is 51.5 cm³/mol. The lowest BCUT2D eigenvalue weighted by Gasteiger charge is -2.11. The number of hydrogen-bond donors (Lipinski definition) is 4. The van der Waals surface area contributed by atoms with Crippen molar-refractivity contribution in [3.63, 3.8) is 0 Å². The standard InChI is InChI=1S/C8H20N4/c1-2-10-5-6-12-8-7-11-4-3-9-1/h9-12H,1-8H2/i/hD. The van der Waals surface area contributed by atoms with Crippen LogP contribution in [0.2, 0.25) is 1.41 Å². The molecule has 1 rings (SSSR count). The molecule has 0 saturated carbocycles. The van der Waals surface area contributed by atoms with Crippen LogP contribution in [0.3, 0.4) is 0 Å². The van der Waals surface area contributed by atoms with E-state index in [4.69, 9.17) is 1.41 Å². The molecule has 4 nitrogen and oxygen atoms in total. The number of hydrogen-bond acceptors (Lipinski definition) is 4. The van der Waals surface area contributed by atoms with E-state index < -0.39 is 0 Å². The van der Waals surface area contributed by atoms with Crippen LogP contribution in [-0.2, 0) is 0 Å². The average Bonchev–Trinajstić information content (AvgIpc) is 2.11. The lowest BCUT2D eigenvalue weighted by molar-refractivity contribution is 0.534. The maximum absolute atomic E-state index is 7.54. The largest absolute Gasteiger partial charge is 0.314 e. The van der Waals surface area contributed by atoms with E-state index in [0.717, 1.165) is 52.4 Å². The van der Waals surface area contributed by atoms with Gasteiger partial charge in [0.25, 0.3) is 0 Å². The second kappa shape index (κ2) is 7.49. The highest BCUT2D eigenvalue weighted by molar-refractivity contribution is 4.59. The Morgan fingerprint density at radius 2 is 0.917 bits per heavy atom. The Morgan fingerprint density at radius 1 is 0.583 bits per heavy atom. The summed E-state index contributed by atoms with van der Waals surface area (Å²) in [6.45, 7) is 7.45. The number of nitrogens with one attached hydrogen (secondary N) is 4. The summed E-state index contributed by atoms with van der Waals surface area (Å²) in [4.78, 5) is 0. The highest BCUT2D eigenvalue weighted by Gasteiger charge is 1.92. The van der Waals surface area contributed by atoms with Gasteiger partial charge in [-0.3, -0.25) is 0 Å². The second-order valence-corrected chi connectivity index (χ2v) is 2.92. The molecule has 12 heavy (non-hydrogen) atoms. The first kappa shape index (κ1) is 8.44. The summed E-state index contributed by atoms with van der Waals surface area (Å²) in [6, 6.07) is 0. The predicted octanol–water partition coefficient (Wildman–Crippen LogP) is -1.64. The fourth-order valence-electron chi connectivity index (χ4n) is 1.16. The van der Waals surface area contributed by atoms with Gasteiger partial charge in [-0.2, -0.15) is 0 Å². The van der Waals surface area contributed by atoms with Gasteiger partial charge in [-0.25, -0.2) is 0 Å². The Bertz CT molecular complexity index is 111. The van der Waals surface area contributed by atoms with E-state index in [9.17, 15) is 0 Å². The van der Waals surface area contributed by atoms with Crippen molar-refractivity contribution in [1.29, 1.82) is 0 Å². The van der Waals surface area contributed by atoms with Crippen LogP contribution in [0.4, 0.5) is 0 Å². The van der Waals surface area contributed by atoms with Crippen molar-refractivity contribution in [3.05, 3.63) is 0 Å². The molecule has 0 aromatic carbocycles. The zero-order chi connectivity index (χ0) is 9.36. The average molecular weight is 173 g/mol. The van der Waals surface area contributed by atoms with Gasteiger partial charge in [0, 0.05) is 52.4 Å². The van der Waals surface area contributed by atoms with Crippen molar-refractivity contribution < 1.29 is 1.41 Å². The molecule has 0 aromatic rings. The van der Waals surface area contributed by atoms with Gasteiger partial charge in [0.1, 0.15) is 1.41 Å². The summed E-state index contributed by atoms with van der Waals surface area (Å²) < 4.78 is 7.54. The molecule has 4 heteroatoms. The molecule has 1 aliphatic rings. The summed E-state index contributed by atoms with van der Waals surface area (Å²) in [5.41, 5.74) is 0. The smallest absolute Gasteiger partial charge is 0.122 e. The van der Waals surface area contributed by atoms with E-state index in [0.29, 0.717) is 0 Å². The molecule has 0 radical (unpaired) electrons. The highest BCUT2D eigenvalue weighted by Crippen LogP contribution is 1.65. The first-order chi connectivity index (χ1) is 6.39. The Balaban J connectivity index is 2.11. The third-order valence-electron chi connectivity index (χ3n) is 1.85. The lowest BCUT2D eigenvalue weighted by Crippen LogP contribution is -2.39. The lowest BCUT2D eigenvalue weighted by atomic mass is 10.4. The molecule has 1 saturated heterocycles. The minimum Gasteiger partial charge on any atom is -0.314 e. The van der Waals surface area contributed by atoms with Gasteiger partial charge in [-0.05, 0) is 0 Å². The molecule has 0 aromatic heterocycles. The van der Waals surface area contributed by atoms with Gasteiger partial charge in [0.15, 0.2) is 0 Å². The van der Waals surface area contributed by atoms with Crippen molar-refractivity contribution in [3.8, 4) is 0 Å². The zero-order valence-electron chi connectivity index (χ0n) is 8.60. The van der Waals surface area contributed by atoms with Crippen LogP contribution in [-0.4, -0.2) is 52.4 Å². The molecule has 0 amide bonds. The Morgan fingerprint density at radius 3 is 1.33 bits per heavy atom. The Labute approximate surface area is 76.0 Å². The summed E-state index contributed by atoms with van der Waals surface area (Å²) in [7, 11) is 0. The van der Waals surface area contributed by atoms with Crippen LogP contribution in [0.5, 0.6) is 0 Å². The SMILES string of the molecule is [2H]N1CCNCCNCCNCC1. The maximum atomic E-state index is 7.54. The molecule has 0 spiro atoms. The quantitative estimate of drug-likeness (QED) is 0.355. The summed E-state index contributed by atoms with van der Waals surface area (Å²) in [5, 5.41) is 11.5. The van der Waals surface area contributed by atoms with Crippen LogP contribution in [0.1, 0.15) is 0 Å². The van der Waals surface area contributed by atoms with Gasteiger partial charge in [-0.1, -0.05) is 0 Å². The molecule has 0 atom stereocenters. The fraction of sp³-hybridized carbons (Fsp3) is 1.00. The van der Waals surface area contributed by atoms with Crippen LogP contribution < -0.4 is 21.3 Å². The molecule has 0 aliphatic carbocycles. The second-order valence-electron chi connectivity index (χ2n) is 2.92. The van der Waals surface area contributed by atoms with Gasteiger partial charge in [-0.15, -0.1) is 0 Å². The molecule has 1 aliphatic heterocycles. The monoisotopic (exact) mass is 173 g/mol. The topological polar surface area (TPSA) is 48.1 Å². The van der Waals surface area contributed by atoms with Gasteiger partial charge in [0.2, 0.25) is 0 Å².